The molecular weight excluding hydrogens is 400 g/mol. The van der Waals surface area contributed by atoms with Crippen LogP contribution < -0.4 is 9.62 Å². The lowest BCUT2D eigenvalue weighted by atomic mass is 9.74. The van der Waals surface area contributed by atoms with Crippen LogP contribution in [0.2, 0.25) is 0 Å². The zero-order valence-corrected chi connectivity index (χ0v) is 18.7. The Labute approximate surface area is 179 Å². The summed E-state index contributed by atoms with van der Waals surface area (Å²) in [6.07, 6.45) is 2.75. The first-order valence-electron chi connectivity index (χ1n) is 10.2. The molecule has 0 saturated carbocycles. The van der Waals surface area contributed by atoms with E-state index in [-0.39, 0.29) is 17.9 Å². The monoisotopic (exact) mass is 430 g/mol. The maximum Gasteiger partial charge on any atom is 0.240 e. The Hall–Kier alpha value is -2.38. The molecule has 1 amide bonds. The lowest BCUT2D eigenvalue weighted by molar-refractivity contribution is -0.120. The molecule has 30 heavy (non-hydrogen) atoms. The normalized spacial score (nSPS) is 16.1. The molecular formula is C23H30N2O4S. The van der Waals surface area contributed by atoms with Crippen LogP contribution in [0.1, 0.15) is 29.5 Å². The largest absolute Gasteiger partial charge is 0.381 e. The fourth-order valence-electron chi connectivity index (χ4n) is 4.14. The van der Waals surface area contributed by atoms with Crippen LogP contribution in [0.4, 0.5) is 5.69 Å². The number of amides is 1. The van der Waals surface area contributed by atoms with E-state index < -0.39 is 10.0 Å². The van der Waals surface area contributed by atoms with Crippen LogP contribution in [0.25, 0.3) is 0 Å². The van der Waals surface area contributed by atoms with Gasteiger partial charge in [-0.2, -0.15) is 0 Å². The molecule has 0 aliphatic carbocycles. The van der Waals surface area contributed by atoms with Crippen molar-refractivity contribution in [1.82, 2.24) is 5.32 Å². The average molecular weight is 431 g/mol. The number of carbonyl (C=O) groups is 1. The molecule has 162 valence electrons. The predicted molar refractivity (Wildman–Crippen MR) is 119 cm³/mol. The summed E-state index contributed by atoms with van der Waals surface area (Å²) in [7, 11) is -3.62. The molecule has 6 nitrogen and oxygen atoms in total. The minimum absolute atomic E-state index is 0.205. The number of nitrogens with one attached hydrogen (secondary N) is 1. The second kappa shape index (κ2) is 9.18. The van der Waals surface area contributed by atoms with Gasteiger partial charge in [-0.1, -0.05) is 48.5 Å². The zero-order valence-electron chi connectivity index (χ0n) is 17.8. The summed E-state index contributed by atoms with van der Waals surface area (Å²) in [4.78, 5) is 12.9. The third-order valence-electron chi connectivity index (χ3n) is 5.84. The third-order valence-corrected chi connectivity index (χ3v) is 6.95. The van der Waals surface area contributed by atoms with E-state index in [0.29, 0.717) is 25.4 Å². The molecule has 1 aliphatic rings. The predicted octanol–water partition coefficient (Wildman–Crippen LogP) is 2.93. The highest BCUT2D eigenvalue weighted by Gasteiger charge is 2.35. The maximum absolute atomic E-state index is 12.9. The van der Waals surface area contributed by atoms with Crippen molar-refractivity contribution in [2.45, 2.75) is 32.1 Å². The SMILES string of the molecule is Cc1cccc(C)c1N(CC(=O)NCC1(c2ccccc2)CCOCC1)S(C)(=O)=O. The van der Waals surface area contributed by atoms with Crippen LogP contribution >= 0.6 is 0 Å². The van der Waals surface area contributed by atoms with Gasteiger partial charge in [-0.25, -0.2) is 8.42 Å². The van der Waals surface area contributed by atoms with E-state index in [4.69, 9.17) is 4.74 Å². The van der Waals surface area contributed by atoms with Crippen LogP contribution in [0, 0.1) is 13.8 Å². The van der Waals surface area contributed by atoms with Crippen molar-refractivity contribution in [3.8, 4) is 0 Å². The Bertz CT molecular complexity index is 963. The van der Waals surface area contributed by atoms with Gasteiger partial charge in [-0.05, 0) is 43.4 Å². The van der Waals surface area contributed by atoms with Crippen LogP contribution in [0.3, 0.4) is 0 Å². The summed E-state index contributed by atoms with van der Waals surface area (Å²) < 4.78 is 31.7. The molecule has 3 rings (SSSR count). The molecule has 1 fully saturated rings. The van der Waals surface area contributed by atoms with Gasteiger partial charge in [-0.15, -0.1) is 0 Å². The van der Waals surface area contributed by atoms with E-state index in [0.717, 1.165) is 30.2 Å². The lowest BCUT2D eigenvalue weighted by Crippen LogP contribution is -2.48. The van der Waals surface area contributed by atoms with Gasteiger partial charge >= 0.3 is 0 Å². The Morgan fingerprint density at radius 3 is 2.20 bits per heavy atom. The molecule has 1 heterocycles. The Kier molecular flexibility index (Phi) is 6.83. The van der Waals surface area contributed by atoms with Crippen LogP contribution in [-0.4, -0.2) is 46.9 Å². The Morgan fingerprint density at radius 1 is 1.03 bits per heavy atom. The van der Waals surface area contributed by atoms with Crippen molar-refractivity contribution in [2.24, 2.45) is 0 Å². The number of carbonyl (C=O) groups excluding carboxylic acids is 1. The number of hydrogen-bond acceptors (Lipinski definition) is 4. The molecule has 2 aromatic rings. The van der Waals surface area contributed by atoms with Crippen molar-refractivity contribution < 1.29 is 17.9 Å². The Balaban J connectivity index is 1.79. The van der Waals surface area contributed by atoms with Crippen LogP contribution in [0.5, 0.6) is 0 Å². The maximum atomic E-state index is 12.9. The summed E-state index contributed by atoms with van der Waals surface area (Å²) in [6.45, 7) is 5.19. The van der Waals surface area contributed by atoms with Crippen molar-refractivity contribution in [2.75, 3.05) is 36.9 Å². The van der Waals surface area contributed by atoms with Gasteiger partial charge in [0.25, 0.3) is 0 Å². The third kappa shape index (κ3) is 5.02. The Morgan fingerprint density at radius 2 is 1.63 bits per heavy atom. The molecule has 0 aromatic heterocycles. The van der Waals surface area contributed by atoms with E-state index in [1.165, 1.54) is 9.87 Å². The number of hydrogen-bond donors (Lipinski definition) is 1. The molecule has 2 aromatic carbocycles. The second-order valence-corrected chi connectivity index (χ2v) is 9.95. The molecule has 1 aliphatic heterocycles. The van der Waals surface area contributed by atoms with E-state index in [1.807, 2.05) is 50.2 Å². The summed E-state index contributed by atoms with van der Waals surface area (Å²) in [5, 5.41) is 3.00. The lowest BCUT2D eigenvalue weighted by Gasteiger charge is -2.38. The molecule has 0 spiro atoms. The quantitative estimate of drug-likeness (QED) is 0.733. The highest BCUT2D eigenvalue weighted by molar-refractivity contribution is 7.92. The minimum Gasteiger partial charge on any atom is -0.381 e. The molecule has 1 N–H and O–H groups in total. The minimum atomic E-state index is -3.62. The van der Waals surface area contributed by atoms with Gasteiger partial charge in [0.05, 0.1) is 11.9 Å². The van der Waals surface area contributed by atoms with Gasteiger partial charge in [0.1, 0.15) is 6.54 Å². The van der Waals surface area contributed by atoms with Crippen LogP contribution in [0.15, 0.2) is 48.5 Å². The fourth-order valence-corrected chi connectivity index (χ4v) is 5.11. The van der Waals surface area contributed by atoms with Crippen molar-refractivity contribution in [3.05, 3.63) is 65.2 Å². The first-order chi connectivity index (χ1) is 14.2. The molecule has 0 radical (unpaired) electrons. The van der Waals surface area contributed by atoms with E-state index >= 15 is 0 Å². The van der Waals surface area contributed by atoms with Crippen molar-refractivity contribution >= 4 is 21.6 Å². The number of ether oxygens (including phenoxy) is 1. The second-order valence-electron chi connectivity index (χ2n) is 8.05. The molecule has 0 bridgehead atoms. The molecule has 7 heteroatoms. The van der Waals surface area contributed by atoms with Gasteiger partial charge in [0, 0.05) is 25.2 Å². The number of para-hydroxylation sites is 1. The number of aryl methyl sites for hydroxylation is 2. The van der Waals surface area contributed by atoms with Gasteiger partial charge in [0.15, 0.2) is 0 Å². The number of nitrogens with zero attached hydrogens (tertiary/aromatic N) is 1. The van der Waals surface area contributed by atoms with Gasteiger partial charge < -0.3 is 10.1 Å². The van der Waals surface area contributed by atoms with Crippen LogP contribution in [-0.2, 0) is 25.0 Å². The number of rotatable bonds is 7. The molecule has 0 unspecified atom stereocenters. The zero-order chi connectivity index (χ0) is 21.8. The number of benzene rings is 2. The molecule has 1 saturated heterocycles. The standard InChI is InChI=1S/C23H30N2O4S/c1-18-8-7-9-19(2)22(18)25(30(3,27)28)16-21(26)24-17-23(12-14-29-15-13-23)20-10-5-4-6-11-20/h4-11H,12-17H2,1-3H3,(H,24,26). The highest BCUT2D eigenvalue weighted by atomic mass is 32.2. The van der Waals surface area contributed by atoms with E-state index in [1.54, 1.807) is 0 Å². The smallest absolute Gasteiger partial charge is 0.240 e. The van der Waals surface area contributed by atoms with Crippen molar-refractivity contribution in [1.29, 1.82) is 0 Å². The summed E-state index contributed by atoms with van der Waals surface area (Å²) in [5.41, 5.74) is 3.17. The highest BCUT2D eigenvalue weighted by Crippen LogP contribution is 2.34. The van der Waals surface area contributed by atoms with E-state index in [9.17, 15) is 13.2 Å². The summed E-state index contributed by atoms with van der Waals surface area (Å²) in [5.74, 6) is -0.315. The van der Waals surface area contributed by atoms with Crippen molar-refractivity contribution in [3.63, 3.8) is 0 Å². The average Bonchev–Trinajstić information content (AvgIpc) is 2.72. The number of anilines is 1. The first-order valence-corrected chi connectivity index (χ1v) is 12.0. The van der Waals surface area contributed by atoms with Gasteiger partial charge in [-0.3, -0.25) is 9.10 Å². The molecule has 0 atom stereocenters. The van der Waals surface area contributed by atoms with E-state index in [2.05, 4.69) is 17.4 Å². The summed E-state index contributed by atoms with van der Waals surface area (Å²) >= 11 is 0. The summed E-state index contributed by atoms with van der Waals surface area (Å²) in [6, 6.07) is 15.7. The number of sulfonamides is 1. The first kappa shape index (κ1) is 22.3. The topological polar surface area (TPSA) is 75.7 Å². The fraction of sp³-hybridized carbons (Fsp3) is 0.435. The van der Waals surface area contributed by atoms with Gasteiger partial charge in [0.2, 0.25) is 15.9 Å².